The number of carbonyl (C=O) groups excluding carboxylic acids is 2. The maximum atomic E-state index is 12.9. The lowest BCUT2D eigenvalue weighted by Crippen LogP contribution is -2.42. The van der Waals surface area contributed by atoms with Gasteiger partial charge >= 0.3 is 0 Å². The van der Waals surface area contributed by atoms with Gasteiger partial charge in [0.05, 0.1) is 13.1 Å². The van der Waals surface area contributed by atoms with Crippen molar-refractivity contribution in [3.05, 3.63) is 21.9 Å². The highest BCUT2D eigenvalue weighted by Crippen LogP contribution is 2.24. The Kier molecular flexibility index (Phi) is 7.37. The van der Waals surface area contributed by atoms with Gasteiger partial charge in [-0.2, -0.15) is 0 Å². The molecule has 2 amide bonds. The van der Waals surface area contributed by atoms with Gasteiger partial charge in [-0.3, -0.25) is 9.59 Å². The fourth-order valence-electron chi connectivity index (χ4n) is 2.23. The van der Waals surface area contributed by atoms with Gasteiger partial charge in [0.2, 0.25) is 11.8 Å². The van der Waals surface area contributed by atoms with Crippen LogP contribution in [0.3, 0.4) is 0 Å². The third kappa shape index (κ3) is 5.71. The Morgan fingerprint density at radius 1 is 1.39 bits per heavy atom. The highest BCUT2D eigenvalue weighted by atomic mass is 35.5. The summed E-state index contributed by atoms with van der Waals surface area (Å²) in [6.07, 6.45) is 0.764. The molecule has 1 aromatic heterocycles. The van der Waals surface area contributed by atoms with Crippen molar-refractivity contribution in [1.29, 1.82) is 0 Å². The molecular formula is C14H20ClF2N3O2S. The molecule has 0 saturated carbocycles. The zero-order valence-electron chi connectivity index (χ0n) is 12.5. The van der Waals surface area contributed by atoms with Gasteiger partial charge in [0, 0.05) is 30.8 Å². The Hall–Kier alpha value is -1.25. The van der Waals surface area contributed by atoms with Crippen LogP contribution in [0.1, 0.15) is 23.3 Å². The minimum atomic E-state index is -3.11. The first-order valence-corrected chi connectivity index (χ1v) is 7.97. The van der Waals surface area contributed by atoms with Crippen LogP contribution in [-0.4, -0.2) is 42.3 Å². The van der Waals surface area contributed by atoms with E-state index in [4.69, 9.17) is 5.73 Å². The molecule has 9 heteroatoms. The lowest BCUT2D eigenvalue weighted by Gasteiger charge is -2.27. The van der Waals surface area contributed by atoms with Crippen molar-refractivity contribution >= 4 is 35.6 Å². The summed E-state index contributed by atoms with van der Waals surface area (Å²) in [5.41, 5.74) is 6.03. The molecule has 1 aromatic rings. The van der Waals surface area contributed by atoms with Gasteiger partial charge in [0.1, 0.15) is 0 Å². The van der Waals surface area contributed by atoms with Gasteiger partial charge in [-0.15, -0.1) is 23.7 Å². The Labute approximate surface area is 143 Å². The van der Waals surface area contributed by atoms with Crippen molar-refractivity contribution in [2.24, 2.45) is 5.73 Å². The van der Waals surface area contributed by atoms with Crippen LogP contribution in [-0.2, 0) is 22.6 Å². The number of nitrogens with zero attached hydrogens (tertiary/aromatic N) is 1. The third-order valence-electron chi connectivity index (χ3n) is 3.57. The maximum absolute atomic E-state index is 12.9. The topological polar surface area (TPSA) is 75.4 Å². The van der Waals surface area contributed by atoms with Gasteiger partial charge < -0.3 is 16.0 Å². The van der Waals surface area contributed by atoms with E-state index in [-0.39, 0.29) is 31.2 Å². The molecule has 0 saturated heterocycles. The smallest absolute Gasteiger partial charge is 0.277 e. The van der Waals surface area contributed by atoms with Crippen molar-refractivity contribution in [3.63, 3.8) is 0 Å². The number of hydrogen-bond donors (Lipinski definition) is 2. The van der Waals surface area contributed by atoms with E-state index >= 15 is 0 Å². The molecular weight excluding hydrogens is 348 g/mol. The molecule has 0 fully saturated rings. The number of fused-ring (bicyclic) bond motifs is 1. The summed E-state index contributed by atoms with van der Waals surface area (Å²) in [4.78, 5) is 26.6. The Bertz CT molecular complexity index is 554. The molecule has 0 atom stereocenters. The average molecular weight is 368 g/mol. The van der Waals surface area contributed by atoms with E-state index in [1.807, 2.05) is 11.4 Å². The second-order valence-corrected chi connectivity index (χ2v) is 6.27. The fourth-order valence-corrected chi connectivity index (χ4v) is 3.12. The number of hydrogen-bond acceptors (Lipinski definition) is 4. The highest BCUT2D eigenvalue weighted by Gasteiger charge is 2.27. The molecule has 23 heavy (non-hydrogen) atoms. The molecule has 5 nitrogen and oxygen atoms in total. The zero-order valence-corrected chi connectivity index (χ0v) is 14.2. The van der Waals surface area contributed by atoms with Crippen LogP contribution in [0.4, 0.5) is 8.78 Å². The monoisotopic (exact) mass is 367 g/mol. The predicted octanol–water partition coefficient (Wildman–Crippen LogP) is 1.54. The summed E-state index contributed by atoms with van der Waals surface area (Å²) in [7, 11) is 0. The van der Waals surface area contributed by atoms with Gasteiger partial charge in [-0.05, 0) is 23.4 Å². The Balaban J connectivity index is 0.00000264. The second kappa shape index (κ2) is 8.56. The number of rotatable bonds is 6. The molecule has 130 valence electrons. The van der Waals surface area contributed by atoms with E-state index in [2.05, 4.69) is 5.32 Å². The molecule has 0 aromatic carbocycles. The van der Waals surface area contributed by atoms with Crippen LogP contribution in [0.25, 0.3) is 0 Å². The standard InChI is InChI=1S/C14H19F2N3O2S.ClH/c15-14(16,8-17)9-18-12(20)1-2-13(21)19-5-3-11-10(7-19)4-6-22-11;/h4,6H,1-3,5,7-9,17H2,(H,18,20);1H. The predicted molar refractivity (Wildman–Crippen MR) is 86.9 cm³/mol. The number of alkyl halides is 2. The quantitative estimate of drug-likeness (QED) is 0.801. The van der Waals surface area contributed by atoms with Crippen LogP contribution in [0, 0.1) is 0 Å². The number of nitrogens with two attached hydrogens (primary N) is 1. The summed E-state index contributed by atoms with van der Waals surface area (Å²) >= 11 is 1.69. The van der Waals surface area contributed by atoms with Crippen LogP contribution in [0.2, 0.25) is 0 Å². The van der Waals surface area contributed by atoms with Gasteiger partial charge in [-0.25, -0.2) is 8.78 Å². The molecule has 0 bridgehead atoms. The molecule has 1 aliphatic heterocycles. The normalized spacial score (nSPS) is 14.0. The van der Waals surface area contributed by atoms with Crippen LogP contribution < -0.4 is 11.1 Å². The summed E-state index contributed by atoms with van der Waals surface area (Å²) in [5.74, 6) is -3.80. The molecule has 2 rings (SSSR count). The minimum Gasteiger partial charge on any atom is -0.350 e. The van der Waals surface area contributed by atoms with E-state index in [1.54, 1.807) is 16.2 Å². The van der Waals surface area contributed by atoms with Gasteiger partial charge in [0.25, 0.3) is 5.92 Å². The summed E-state index contributed by atoms with van der Waals surface area (Å²) in [6, 6.07) is 2.00. The van der Waals surface area contributed by atoms with Crippen molar-refractivity contribution in [3.8, 4) is 0 Å². The molecule has 0 radical (unpaired) electrons. The Morgan fingerprint density at radius 2 is 2.13 bits per heavy atom. The highest BCUT2D eigenvalue weighted by molar-refractivity contribution is 7.10. The number of nitrogens with one attached hydrogen (secondary N) is 1. The minimum absolute atomic E-state index is 0. The molecule has 1 aliphatic rings. The van der Waals surface area contributed by atoms with E-state index in [0.29, 0.717) is 13.1 Å². The Morgan fingerprint density at radius 3 is 2.83 bits per heavy atom. The van der Waals surface area contributed by atoms with E-state index in [9.17, 15) is 18.4 Å². The lowest BCUT2D eigenvalue weighted by atomic mass is 10.1. The molecule has 3 N–H and O–H groups in total. The zero-order chi connectivity index (χ0) is 16.2. The summed E-state index contributed by atoms with van der Waals surface area (Å²) in [6.45, 7) is -0.412. The molecule has 0 spiro atoms. The maximum Gasteiger partial charge on any atom is 0.277 e. The SMILES string of the molecule is Cl.NCC(F)(F)CNC(=O)CCC(=O)N1CCc2sccc2C1. The number of halogens is 3. The number of carbonyl (C=O) groups is 2. The largest absolute Gasteiger partial charge is 0.350 e. The first-order chi connectivity index (χ1) is 10.4. The van der Waals surface area contributed by atoms with Crippen molar-refractivity contribution in [1.82, 2.24) is 10.2 Å². The lowest BCUT2D eigenvalue weighted by molar-refractivity contribution is -0.134. The number of thiophene rings is 1. The van der Waals surface area contributed by atoms with Crippen molar-refractivity contribution < 1.29 is 18.4 Å². The van der Waals surface area contributed by atoms with Crippen molar-refractivity contribution in [2.45, 2.75) is 31.7 Å². The molecule has 2 heterocycles. The van der Waals surface area contributed by atoms with Gasteiger partial charge in [-0.1, -0.05) is 0 Å². The second-order valence-electron chi connectivity index (χ2n) is 5.27. The average Bonchev–Trinajstić information content (AvgIpc) is 2.98. The first kappa shape index (κ1) is 19.8. The number of amides is 2. The van der Waals surface area contributed by atoms with Crippen LogP contribution in [0.5, 0.6) is 0 Å². The fraction of sp³-hybridized carbons (Fsp3) is 0.571. The van der Waals surface area contributed by atoms with Crippen LogP contribution in [0.15, 0.2) is 11.4 Å². The molecule has 0 aliphatic carbocycles. The van der Waals surface area contributed by atoms with E-state index < -0.39 is 24.9 Å². The van der Waals surface area contributed by atoms with Crippen molar-refractivity contribution in [2.75, 3.05) is 19.6 Å². The first-order valence-electron chi connectivity index (χ1n) is 7.09. The molecule has 0 unspecified atom stereocenters. The summed E-state index contributed by atoms with van der Waals surface area (Å²) in [5, 5.41) is 4.11. The summed E-state index contributed by atoms with van der Waals surface area (Å²) < 4.78 is 25.8. The van der Waals surface area contributed by atoms with E-state index in [0.717, 1.165) is 12.0 Å². The van der Waals surface area contributed by atoms with Gasteiger partial charge in [0.15, 0.2) is 0 Å². The third-order valence-corrected chi connectivity index (χ3v) is 4.59. The van der Waals surface area contributed by atoms with E-state index in [1.165, 1.54) is 4.88 Å². The van der Waals surface area contributed by atoms with Crippen LogP contribution >= 0.6 is 23.7 Å².